The molecule has 1 atom stereocenters. The molecule has 0 radical (unpaired) electrons. The van der Waals surface area contributed by atoms with Crippen LogP contribution in [0, 0.1) is 5.92 Å². The molecule has 0 aromatic heterocycles. The SMILES string of the molecule is O=C(O)C(c1cccc(Br)c1)C1COC1. The molecule has 0 aliphatic carbocycles. The fourth-order valence-electron chi connectivity index (χ4n) is 1.76. The van der Waals surface area contributed by atoms with Crippen LogP contribution in [0.15, 0.2) is 28.7 Å². The molecule has 0 saturated carbocycles. The van der Waals surface area contributed by atoms with E-state index in [1.807, 2.05) is 24.3 Å². The summed E-state index contributed by atoms with van der Waals surface area (Å²) < 4.78 is 5.95. The zero-order chi connectivity index (χ0) is 10.8. The van der Waals surface area contributed by atoms with Crippen molar-refractivity contribution in [1.29, 1.82) is 0 Å². The number of rotatable bonds is 3. The highest BCUT2D eigenvalue weighted by Gasteiger charge is 2.34. The van der Waals surface area contributed by atoms with Crippen molar-refractivity contribution in [2.45, 2.75) is 5.92 Å². The van der Waals surface area contributed by atoms with Gasteiger partial charge in [0, 0.05) is 10.4 Å². The van der Waals surface area contributed by atoms with E-state index < -0.39 is 11.9 Å². The Bertz CT molecular complexity index is 374. The fourth-order valence-corrected chi connectivity index (χ4v) is 2.18. The predicted octanol–water partition coefficient (Wildman–Crippen LogP) is 2.26. The molecule has 1 aromatic rings. The Morgan fingerprint density at radius 1 is 1.53 bits per heavy atom. The average Bonchev–Trinajstić information content (AvgIpc) is 2.10. The van der Waals surface area contributed by atoms with Crippen LogP contribution >= 0.6 is 15.9 Å². The van der Waals surface area contributed by atoms with Gasteiger partial charge in [0.2, 0.25) is 0 Å². The molecular formula is C11H11BrO3. The number of hydrogen-bond donors (Lipinski definition) is 1. The van der Waals surface area contributed by atoms with E-state index in [2.05, 4.69) is 15.9 Å². The van der Waals surface area contributed by atoms with Gasteiger partial charge in [0.15, 0.2) is 0 Å². The highest BCUT2D eigenvalue weighted by molar-refractivity contribution is 9.10. The van der Waals surface area contributed by atoms with Crippen molar-refractivity contribution >= 4 is 21.9 Å². The van der Waals surface area contributed by atoms with Crippen LogP contribution in [0.3, 0.4) is 0 Å². The summed E-state index contributed by atoms with van der Waals surface area (Å²) >= 11 is 3.34. The Hall–Kier alpha value is -0.870. The first-order valence-corrected chi connectivity index (χ1v) is 5.54. The van der Waals surface area contributed by atoms with Gasteiger partial charge in [-0.25, -0.2) is 0 Å². The zero-order valence-corrected chi connectivity index (χ0v) is 9.61. The first kappa shape index (κ1) is 10.6. The molecule has 1 aliphatic heterocycles. The second-order valence-electron chi connectivity index (χ2n) is 3.67. The Labute approximate surface area is 96.2 Å². The second-order valence-corrected chi connectivity index (χ2v) is 4.58. The zero-order valence-electron chi connectivity index (χ0n) is 8.02. The molecule has 1 N–H and O–H groups in total. The molecule has 1 saturated heterocycles. The molecule has 0 amide bonds. The third-order valence-electron chi connectivity index (χ3n) is 2.61. The van der Waals surface area contributed by atoms with Crippen molar-refractivity contribution in [2.24, 2.45) is 5.92 Å². The second kappa shape index (κ2) is 4.33. The van der Waals surface area contributed by atoms with Gasteiger partial charge in [-0.15, -0.1) is 0 Å². The minimum Gasteiger partial charge on any atom is -0.481 e. The number of benzene rings is 1. The number of halogens is 1. The van der Waals surface area contributed by atoms with Gasteiger partial charge in [-0.2, -0.15) is 0 Å². The van der Waals surface area contributed by atoms with Crippen LogP contribution in [-0.4, -0.2) is 24.3 Å². The van der Waals surface area contributed by atoms with Gasteiger partial charge in [-0.1, -0.05) is 28.1 Å². The highest BCUT2D eigenvalue weighted by Crippen LogP contribution is 2.31. The fraction of sp³-hybridized carbons (Fsp3) is 0.364. The number of ether oxygens (including phenoxy) is 1. The summed E-state index contributed by atoms with van der Waals surface area (Å²) in [5, 5.41) is 9.18. The first-order chi connectivity index (χ1) is 7.18. The van der Waals surface area contributed by atoms with E-state index in [9.17, 15) is 9.90 Å². The third kappa shape index (κ3) is 2.21. The topological polar surface area (TPSA) is 46.5 Å². The largest absolute Gasteiger partial charge is 0.481 e. The minimum atomic E-state index is -0.776. The van der Waals surface area contributed by atoms with Crippen molar-refractivity contribution < 1.29 is 14.6 Å². The summed E-state index contributed by atoms with van der Waals surface area (Å²) in [6, 6.07) is 7.45. The lowest BCUT2D eigenvalue weighted by atomic mass is 9.85. The van der Waals surface area contributed by atoms with Crippen molar-refractivity contribution in [3.05, 3.63) is 34.3 Å². The summed E-state index contributed by atoms with van der Waals surface area (Å²) in [4.78, 5) is 11.2. The lowest BCUT2D eigenvalue weighted by molar-refractivity contribution is -0.146. The van der Waals surface area contributed by atoms with Crippen molar-refractivity contribution in [1.82, 2.24) is 0 Å². The van der Waals surface area contributed by atoms with Crippen molar-refractivity contribution in [3.63, 3.8) is 0 Å². The summed E-state index contributed by atoms with van der Waals surface area (Å²) in [7, 11) is 0. The quantitative estimate of drug-likeness (QED) is 0.917. The molecule has 2 rings (SSSR count). The maximum atomic E-state index is 11.2. The average molecular weight is 271 g/mol. The van der Waals surface area contributed by atoms with E-state index in [0.29, 0.717) is 13.2 Å². The molecular weight excluding hydrogens is 260 g/mol. The lowest BCUT2D eigenvalue weighted by Crippen LogP contribution is -2.36. The molecule has 1 aromatic carbocycles. The molecule has 3 nitrogen and oxygen atoms in total. The highest BCUT2D eigenvalue weighted by atomic mass is 79.9. The van der Waals surface area contributed by atoms with Gasteiger partial charge in [0.1, 0.15) is 0 Å². The molecule has 1 fully saturated rings. The third-order valence-corrected chi connectivity index (χ3v) is 3.10. The van der Waals surface area contributed by atoms with Gasteiger partial charge in [-0.05, 0) is 17.7 Å². The van der Waals surface area contributed by atoms with Crippen LogP contribution in [0.2, 0.25) is 0 Å². The molecule has 1 heterocycles. The van der Waals surface area contributed by atoms with Gasteiger partial charge in [-0.3, -0.25) is 4.79 Å². The summed E-state index contributed by atoms with van der Waals surface area (Å²) in [6.07, 6.45) is 0. The van der Waals surface area contributed by atoms with Crippen LogP contribution in [-0.2, 0) is 9.53 Å². The Balaban J connectivity index is 2.27. The van der Waals surface area contributed by atoms with Gasteiger partial charge >= 0.3 is 5.97 Å². The maximum Gasteiger partial charge on any atom is 0.311 e. The number of carboxylic acid groups (broad SMARTS) is 1. The molecule has 0 bridgehead atoms. The number of aliphatic carboxylic acids is 1. The van der Waals surface area contributed by atoms with Crippen LogP contribution < -0.4 is 0 Å². The molecule has 80 valence electrons. The number of carbonyl (C=O) groups is 1. The molecule has 0 spiro atoms. The molecule has 1 aliphatic rings. The van der Waals surface area contributed by atoms with E-state index in [1.165, 1.54) is 0 Å². The van der Waals surface area contributed by atoms with Gasteiger partial charge in [0.05, 0.1) is 19.1 Å². The van der Waals surface area contributed by atoms with Crippen LogP contribution in [0.4, 0.5) is 0 Å². The van der Waals surface area contributed by atoms with Crippen LogP contribution in [0.25, 0.3) is 0 Å². The normalized spacial score (nSPS) is 18.2. The number of carboxylic acids is 1. The van der Waals surface area contributed by atoms with Crippen LogP contribution in [0.1, 0.15) is 11.5 Å². The van der Waals surface area contributed by atoms with Crippen molar-refractivity contribution in [2.75, 3.05) is 13.2 Å². The predicted molar refractivity (Wildman–Crippen MR) is 58.8 cm³/mol. The van der Waals surface area contributed by atoms with Crippen LogP contribution in [0.5, 0.6) is 0 Å². The Morgan fingerprint density at radius 2 is 2.27 bits per heavy atom. The van der Waals surface area contributed by atoms with Gasteiger partial charge < -0.3 is 9.84 Å². The van der Waals surface area contributed by atoms with E-state index >= 15 is 0 Å². The van der Waals surface area contributed by atoms with Gasteiger partial charge in [0.25, 0.3) is 0 Å². The minimum absolute atomic E-state index is 0.108. The van der Waals surface area contributed by atoms with E-state index in [1.54, 1.807) is 0 Å². The van der Waals surface area contributed by atoms with E-state index in [0.717, 1.165) is 10.0 Å². The summed E-state index contributed by atoms with van der Waals surface area (Å²) in [5.74, 6) is -1.12. The maximum absolute atomic E-state index is 11.2. The van der Waals surface area contributed by atoms with Crippen molar-refractivity contribution in [3.8, 4) is 0 Å². The smallest absolute Gasteiger partial charge is 0.311 e. The molecule has 1 unspecified atom stereocenters. The Kier molecular flexibility index (Phi) is 3.07. The first-order valence-electron chi connectivity index (χ1n) is 4.74. The number of hydrogen-bond acceptors (Lipinski definition) is 2. The molecule has 4 heteroatoms. The van der Waals surface area contributed by atoms with E-state index in [4.69, 9.17) is 4.74 Å². The summed E-state index contributed by atoms with van der Waals surface area (Å²) in [5.41, 5.74) is 0.838. The monoisotopic (exact) mass is 270 g/mol. The molecule has 15 heavy (non-hydrogen) atoms. The standard InChI is InChI=1S/C11H11BrO3/c12-9-3-1-2-7(4-9)10(11(13)14)8-5-15-6-8/h1-4,8,10H,5-6H2,(H,13,14). The Morgan fingerprint density at radius 3 is 2.73 bits per heavy atom. The summed E-state index contributed by atoms with van der Waals surface area (Å²) in [6.45, 7) is 1.09. The lowest BCUT2D eigenvalue weighted by Gasteiger charge is -2.31. The van der Waals surface area contributed by atoms with E-state index in [-0.39, 0.29) is 5.92 Å².